The number of ketones is 1. The monoisotopic (exact) mass is 150 g/mol. The Hall–Kier alpha value is -0.330. The highest BCUT2D eigenvalue weighted by molar-refractivity contribution is 5.83. The molecule has 3 rings (SSSR count). The minimum Gasteiger partial charge on any atom is -0.299 e. The summed E-state index contributed by atoms with van der Waals surface area (Å²) in [7, 11) is 0. The van der Waals surface area contributed by atoms with Gasteiger partial charge in [-0.25, -0.2) is 0 Å². The number of Topliss-reactive ketones (excluding diaryl/α,β-unsaturated/α-hetero) is 1. The van der Waals surface area contributed by atoms with Crippen LogP contribution in [0.4, 0.5) is 0 Å². The van der Waals surface area contributed by atoms with E-state index in [1.807, 2.05) is 0 Å². The predicted octanol–water partition coefficient (Wildman–Crippen LogP) is 2.01. The molecule has 1 heteroatoms. The third-order valence-corrected chi connectivity index (χ3v) is 4.00. The number of fused-ring (bicyclic) bond motifs is 2. The van der Waals surface area contributed by atoms with Crippen molar-refractivity contribution in [2.24, 2.45) is 23.7 Å². The van der Waals surface area contributed by atoms with Crippen LogP contribution < -0.4 is 0 Å². The molecule has 0 radical (unpaired) electrons. The first kappa shape index (κ1) is 6.22. The highest BCUT2D eigenvalue weighted by Crippen LogP contribution is 2.53. The van der Waals surface area contributed by atoms with Crippen LogP contribution in [0.5, 0.6) is 0 Å². The molecule has 0 N–H and O–H groups in total. The van der Waals surface area contributed by atoms with Gasteiger partial charge in [0.05, 0.1) is 0 Å². The van der Waals surface area contributed by atoms with Crippen LogP contribution in [0.25, 0.3) is 0 Å². The first-order valence-corrected chi connectivity index (χ1v) is 4.85. The Labute approximate surface area is 67.2 Å². The molecule has 3 aliphatic rings. The van der Waals surface area contributed by atoms with Crippen molar-refractivity contribution < 1.29 is 4.79 Å². The van der Waals surface area contributed by atoms with Gasteiger partial charge in [-0.15, -0.1) is 0 Å². The molecule has 3 saturated carbocycles. The summed E-state index contributed by atoms with van der Waals surface area (Å²) in [5.41, 5.74) is 0. The first-order valence-electron chi connectivity index (χ1n) is 4.85. The lowest BCUT2D eigenvalue weighted by atomic mass is 9.72. The van der Waals surface area contributed by atoms with Gasteiger partial charge >= 0.3 is 0 Å². The molecule has 0 amide bonds. The normalized spacial score (nSPS) is 53.6. The van der Waals surface area contributed by atoms with Crippen LogP contribution in [0.2, 0.25) is 0 Å². The van der Waals surface area contributed by atoms with Gasteiger partial charge in [0.15, 0.2) is 0 Å². The van der Waals surface area contributed by atoms with Crippen molar-refractivity contribution in [3.8, 4) is 0 Å². The second kappa shape index (κ2) is 1.88. The zero-order valence-corrected chi connectivity index (χ0v) is 6.75. The Morgan fingerprint density at radius 2 is 1.82 bits per heavy atom. The Morgan fingerprint density at radius 1 is 1.00 bits per heavy atom. The fraction of sp³-hybridized carbons (Fsp3) is 0.900. The number of hydrogen-bond donors (Lipinski definition) is 0. The standard InChI is InChI=1S/C10H14O/c11-10-5-7-1-6-2-8(3-7)9(10)4-6/h6-9H,1-5H2/t6-,7-,8-,9-/m0/s1. The van der Waals surface area contributed by atoms with E-state index in [-0.39, 0.29) is 0 Å². The molecule has 0 aromatic rings. The molecule has 60 valence electrons. The van der Waals surface area contributed by atoms with Crippen LogP contribution in [0, 0.1) is 23.7 Å². The van der Waals surface area contributed by atoms with Crippen LogP contribution in [0.3, 0.4) is 0 Å². The summed E-state index contributed by atoms with van der Waals surface area (Å²) >= 11 is 0. The molecule has 0 aromatic carbocycles. The van der Waals surface area contributed by atoms with E-state index < -0.39 is 0 Å². The number of rotatable bonds is 0. The van der Waals surface area contributed by atoms with Gasteiger partial charge in [0.2, 0.25) is 0 Å². The lowest BCUT2D eigenvalue weighted by Crippen LogP contribution is -2.30. The smallest absolute Gasteiger partial charge is 0.136 e. The summed E-state index contributed by atoms with van der Waals surface area (Å²) in [6, 6.07) is 0. The highest BCUT2D eigenvalue weighted by Gasteiger charge is 2.48. The summed E-state index contributed by atoms with van der Waals surface area (Å²) in [6.07, 6.45) is 6.32. The molecule has 0 unspecified atom stereocenters. The molecule has 3 bridgehead atoms. The quantitative estimate of drug-likeness (QED) is 0.516. The molecule has 1 nitrogen and oxygen atoms in total. The molecular formula is C10H14O. The minimum atomic E-state index is 0.513. The average Bonchev–Trinajstić information content (AvgIpc) is 2.19. The Bertz CT molecular complexity index is 207. The molecule has 11 heavy (non-hydrogen) atoms. The van der Waals surface area contributed by atoms with Crippen molar-refractivity contribution in [2.75, 3.05) is 0 Å². The van der Waals surface area contributed by atoms with Crippen LogP contribution in [0.15, 0.2) is 0 Å². The van der Waals surface area contributed by atoms with Gasteiger partial charge in [-0.05, 0) is 43.4 Å². The van der Waals surface area contributed by atoms with Crippen LogP contribution in [-0.4, -0.2) is 5.78 Å². The van der Waals surface area contributed by atoms with Gasteiger partial charge in [-0.1, -0.05) is 0 Å². The fourth-order valence-corrected chi connectivity index (χ4v) is 3.69. The molecule has 0 spiro atoms. The van der Waals surface area contributed by atoms with E-state index in [0.29, 0.717) is 11.7 Å². The van der Waals surface area contributed by atoms with E-state index in [4.69, 9.17) is 0 Å². The molecule has 0 aromatic heterocycles. The van der Waals surface area contributed by atoms with Crippen molar-refractivity contribution in [1.82, 2.24) is 0 Å². The lowest BCUT2D eigenvalue weighted by molar-refractivity contribution is -0.127. The molecule has 0 heterocycles. The minimum absolute atomic E-state index is 0.513. The zero-order valence-electron chi connectivity index (χ0n) is 6.75. The maximum Gasteiger partial charge on any atom is 0.136 e. The predicted molar refractivity (Wildman–Crippen MR) is 42.1 cm³/mol. The number of carbonyl (C=O) groups is 1. The first-order chi connectivity index (χ1) is 5.33. The van der Waals surface area contributed by atoms with Crippen LogP contribution in [0.1, 0.15) is 32.1 Å². The largest absolute Gasteiger partial charge is 0.299 e. The SMILES string of the molecule is O=C1C[C@H]2C[C@H]3C[C@@H](C2)[C@@H]1C3. The summed E-state index contributed by atoms with van der Waals surface area (Å²) in [5, 5.41) is 0. The summed E-state index contributed by atoms with van der Waals surface area (Å²) in [5.74, 6) is 3.67. The van der Waals surface area contributed by atoms with Crippen molar-refractivity contribution >= 4 is 5.78 Å². The third-order valence-electron chi connectivity index (χ3n) is 4.00. The van der Waals surface area contributed by atoms with Crippen LogP contribution in [-0.2, 0) is 4.79 Å². The van der Waals surface area contributed by atoms with Crippen molar-refractivity contribution in [1.29, 1.82) is 0 Å². The van der Waals surface area contributed by atoms with Crippen LogP contribution >= 0.6 is 0 Å². The topological polar surface area (TPSA) is 17.1 Å². The molecule has 3 fully saturated rings. The Morgan fingerprint density at radius 3 is 2.73 bits per heavy atom. The molecule has 0 aliphatic heterocycles. The van der Waals surface area contributed by atoms with Crippen molar-refractivity contribution in [2.45, 2.75) is 32.1 Å². The van der Waals surface area contributed by atoms with E-state index >= 15 is 0 Å². The highest BCUT2D eigenvalue weighted by atomic mass is 16.1. The summed E-state index contributed by atoms with van der Waals surface area (Å²) < 4.78 is 0. The van der Waals surface area contributed by atoms with Gasteiger partial charge < -0.3 is 0 Å². The van der Waals surface area contributed by atoms with Crippen molar-refractivity contribution in [3.05, 3.63) is 0 Å². The summed E-state index contributed by atoms with van der Waals surface area (Å²) in [4.78, 5) is 11.5. The van der Waals surface area contributed by atoms with E-state index in [0.717, 1.165) is 24.2 Å². The molecule has 3 aliphatic carbocycles. The average molecular weight is 150 g/mol. The molecular weight excluding hydrogens is 136 g/mol. The molecule has 4 atom stereocenters. The Balaban J connectivity index is 2.00. The third kappa shape index (κ3) is 0.743. The Kier molecular flexibility index (Phi) is 1.06. The van der Waals surface area contributed by atoms with E-state index in [1.165, 1.54) is 25.7 Å². The van der Waals surface area contributed by atoms with E-state index in [1.54, 1.807) is 0 Å². The van der Waals surface area contributed by atoms with Gasteiger partial charge in [0, 0.05) is 12.3 Å². The fourth-order valence-electron chi connectivity index (χ4n) is 3.69. The maximum absolute atomic E-state index is 11.5. The van der Waals surface area contributed by atoms with E-state index in [2.05, 4.69) is 0 Å². The van der Waals surface area contributed by atoms with Gasteiger partial charge in [-0.2, -0.15) is 0 Å². The van der Waals surface area contributed by atoms with Gasteiger partial charge in [-0.3, -0.25) is 4.79 Å². The lowest BCUT2D eigenvalue weighted by Gasteiger charge is -2.32. The second-order valence-corrected chi connectivity index (χ2v) is 4.71. The number of hydrogen-bond acceptors (Lipinski definition) is 1. The van der Waals surface area contributed by atoms with E-state index in [9.17, 15) is 4.79 Å². The van der Waals surface area contributed by atoms with Crippen molar-refractivity contribution in [3.63, 3.8) is 0 Å². The maximum atomic E-state index is 11.5. The van der Waals surface area contributed by atoms with Gasteiger partial charge in [0.1, 0.15) is 5.78 Å². The second-order valence-electron chi connectivity index (χ2n) is 4.71. The van der Waals surface area contributed by atoms with Gasteiger partial charge in [0.25, 0.3) is 0 Å². The summed E-state index contributed by atoms with van der Waals surface area (Å²) in [6.45, 7) is 0. The number of carbonyl (C=O) groups excluding carboxylic acids is 1. The zero-order chi connectivity index (χ0) is 7.42. The molecule has 0 saturated heterocycles.